The minimum Gasteiger partial charge on any atom is -0.319 e. The maximum absolute atomic E-state index is 3.89. The van der Waals surface area contributed by atoms with E-state index in [1.165, 1.54) is 12.0 Å². The Morgan fingerprint density at radius 1 is 1.12 bits per heavy atom. The molecular formula is C14H17N3. The SMILES string of the molecule is CC1(C)C[C@@]1(Cn1cnnc1)c1ccccc1. The van der Waals surface area contributed by atoms with E-state index < -0.39 is 0 Å². The Bertz CT molecular complexity index is 502. The number of rotatable bonds is 3. The number of nitrogens with zero attached hydrogens (tertiary/aromatic N) is 3. The van der Waals surface area contributed by atoms with Gasteiger partial charge in [-0.05, 0) is 17.4 Å². The Kier molecular flexibility index (Phi) is 2.12. The maximum Gasteiger partial charge on any atom is 0.119 e. The van der Waals surface area contributed by atoms with Crippen molar-refractivity contribution in [1.29, 1.82) is 0 Å². The second-order valence-corrected chi connectivity index (χ2v) is 5.64. The van der Waals surface area contributed by atoms with E-state index in [0.29, 0.717) is 5.41 Å². The summed E-state index contributed by atoms with van der Waals surface area (Å²) < 4.78 is 2.09. The molecule has 1 aliphatic rings. The van der Waals surface area contributed by atoms with Crippen LogP contribution in [0.4, 0.5) is 0 Å². The van der Waals surface area contributed by atoms with Gasteiger partial charge in [0.05, 0.1) is 0 Å². The highest BCUT2D eigenvalue weighted by molar-refractivity contribution is 5.36. The van der Waals surface area contributed by atoms with Crippen LogP contribution in [0, 0.1) is 5.41 Å². The molecule has 2 aromatic rings. The molecule has 1 fully saturated rings. The van der Waals surface area contributed by atoms with E-state index in [0.717, 1.165) is 6.54 Å². The molecule has 1 atom stereocenters. The van der Waals surface area contributed by atoms with E-state index in [1.807, 2.05) is 0 Å². The van der Waals surface area contributed by atoms with Gasteiger partial charge in [-0.25, -0.2) is 0 Å². The van der Waals surface area contributed by atoms with Crippen molar-refractivity contribution in [3.8, 4) is 0 Å². The lowest BCUT2D eigenvalue weighted by molar-refractivity contribution is 0.433. The summed E-state index contributed by atoms with van der Waals surface area (Å²) in [6.07, 6.45) is 4.83. The zero-order chi connectivity index (χ0) is 11.9. The van der Waals surface area contributed by atoms with Gasteiger partial charge in [-0.3, -0.25) is 0 Å². The molecule has 0 bridgehead atoms. The van der Waals surface area contributed by atoms with E-state index >= 15 is 0 Å². The fourth-order valence-electron chi connectivity index (χ4n) is 2.94. The Labute approximate surface area is 101 Å². The average molecular weight is 227 g/mol. The third-order valence-corrected chi connectivity index (χ3v) is 4.16. The lowest BCUT2D eigenvalue weighted by atomic mass is 9.88. The van der Waals surface area contributed by atoms with Crippen molar-refractivity contribution in [2.45, 2.75) is 32.2 Å². The van der Waals surface area contributed by atoms with Gasteiger partial charge in [0, 0.05) is 12.0 Å². The van der Waals surface area contributed by atoms with Gasteiger partial charge in [0.2, 0.25) is 0 Å². The van der Waals surface area contributed by atoms with Crippen molar-refractivity contribution < 1.29 is 0 Å². The number of hydrogen-bond acceptors (Lipinski definition) is 2. The predicted octanol–water partition coefficient (Wildman–Crippen LogP) is 2.65. The van der Waals surface area contributed by atoms with Crippen LogP contribution in [0.3, 0.4) is 0 Å². The summed E-state index contributed by atoms with van der Waals surface area (Å²) in [6, 6.07) is 10.8. The smallest absolute Gasteiger partial charge is 0.119 e. The first-order valence-corrected chi connectivity index (χ1v) is 6.02. The van der Waals surface area contributed by atoms with E-state index in [2.05, 4.69) is 58.9 Å². The van der Waals surface area contributed by atoms with Gasteiger partial charge in [-0.2, -0.15) is 0 Å². The molecule has 1 heterocycles. The summed E-state index contributed by atoms with van der Waals surface area (Å²) in [4.78, 5) is 0. The Hall–Kier alpha value is -1.64. The van der Waals surface area contributed by atoms with Gasteiger partial charge in [0.15, 0.2) is 0 Å². The fraction of sp³-hybridized carbons (Fsp3) is 0.429. The molecule has 0 spiro atoms. The fourth-order valence-corrected chi connectivity index (χ4v) is 2.94. The van der Waals surface area contributed by atoms with E-state index in [4.69, 9.17) is 0 Å². The molecule has 88 valence electrons. The minimum absolute atomic E-state index is 0.247. The minimum atomic E-state index is 0.247. The van der Waals surface area contributed by atoms with Gasteiger partial charge in [-0.15, -0.1) is 10.2 Å². The topological polar surface area (TPSA) is 30.7 Å². The maximum atomic E-state index is 3.89. The average Bonchev–Trinajstić information content (AvgIpc) is 2.68. The molecule has 0 aliphatic heterocycles. The summed E-state index contributed by atoms with van der Waals surface area (Å²) in [5.41, 5.74) is 2.04. The van der Waals surface area contributed by atoms with Crippen LogP contribution >= 0.6 is 0 Å². The molecule has 0 saturated heterocycles. The van der Waals surface area contributed by atoms with Crippen LogP contribution in [0.1, 0.15) is 25.8 Å². The first-order chi connectivity index (χ1) is 8.14. The van der Waals surface area contributed by atoms with Gasteiger partial charge in [0.1, 0.15) is 12.7 Å². The number of aromatic nitrogens is 3. The van der Waals surface area contributed by atoms with Gasteiger partial charge in [0.25, 0.3) is 0 Å². The Morgan fingerprint density at radius 3 is 2.24 bits per heavy atom. The summed E-state index contributed by atoms with van der Waals surface area (Å²) in [5, 5.41) is 7.78. The molecule has 1 aromatic carbocycles. The highest BCUT2D eigenvalue weighted by Gasteiger charge is 2.61. The van der Waals surface area contributed by atoms with Crippen LogP contribution in [0.2, 0.25) is 0 Å². The standard InChI is InChI=1S/C14H17N3/c1-13(2)8-14(13,9-17-10-15-16-11-17)12-6-4-3-5-7-12/h3-7,10-11H,8-9H2,1-2H3/t14-/m1/s1. The third-order valence-electron chi connectivity index (χ3n) is 4.16. The summed E-state index contributed by atoms with van der Waals surface area (Å²) in [7, 11) is 0. The first kappa shape index (κ1) is 10.5. The van der Waals surface area contributed by atoms with E-state index in [-0.39, 0.29) is 5.41 Å². The lowest BCUT2D eigenvalue weighted by Gasteiger charge is -2.21. The van der Waals surface area contributed by atoms with Crippen molar-refractivity contribution in [2.75, 3.05) is 0 Å². The molecule has 3 nitrogen and oxygen atoms in total. The van der Waals surface area contributed by atoms with Crippen LogP contribution in [0.5, 0.6) is 0 Å². The molecular weight excluding hydrogens is 210 g/mol. The summed E-state index contributed by atoms with van der Waals surface area (Å²) in [5.74, 6) is 0. The van der Waals surface area contributed by atoms with Crippen molar-refractivity contribution >= 4 is 0 Å². The van der Waals surface area contributed by atoms with Gasteiger partial charge in [-0.1, -0.05) is 44.2 Å². The zero-order valence-electron chi connectivity index (χ0n) is 10.3. The summed E-state index contributed by atoms with van der Waals surface area (Å²) in [6.45, 7) is 5.64. The molecule has 17 heavy (non-hydrogen) atoms. The highest BCUT2D eigenvalue weighted by Crippen LogP contribution is 2.65. The Morgan fingerprint density at radius 2 is 1.71 bits per heavy atom. The number of hydrogen-bond donors (Lipinski definition) is 0. The lowest BCUT2D eigenvalue weighted by Crippen LogP contribution is -2.21. The van der Waals surface area contributed by atoms with Crippen LogP contribution in [-0.2, 0) is 12.0 Å². The zero-order valence-corrected chi connectivity index (χ0v) is 10.3. The molecule has 3 rings (SSSR count). The monoisotopic (exact) mass is 227 g/mol. The van der Waals surface area contributed by atoms with Crippen molar-refractivity contribution in [3.63, 3.8) is 0 Å². The molecule has 1 aromatic heterocycles. The van der Waals surface area contributed by atoms with Crippen LogP contribution in [0.15, 0.2) is 43.0 Å². The normalized spacial score (nSPS) is 25.8. The molecule has 0 N–H and O–H groups in total. The van der Waals surface area contributed by atoms with Crippen molar-refractivity contribution in [3.05, 3.63) is 48.5 Å². The number of benzene rings is 1. The van der Waals surface area contributed by atoms with Crippen LogP contribution in [0.25, 0.3) is 0 Å². The second-order valence-electron chi connectivity index (χ2n) is 5.64. The molecule has 0 unspecified atom stereocenters. The second kappa shape index (κ2) is 3.42. The quantitative estimate of drug-likeness (QED) is 0.807. The van der Waals surface area contributed by atoms with Crippen molar-refractivity contribution in [1.82, 2.24) is 14.8 Å². The van der Waals surface area contributed by atoms with Gasteiger partial charge < -0.3 is 4.57 Å². The predicted molar refractivity (Wildman–Crippen MR) is 66.5 cm³/mol. The van der Waals surface area contributed by atoms with Crippen LogP contribution < -0.4 is 0 Å². The van der Waals surface area contributed by atoms with Gasteiger partial charge >= 0.3 is 0 Å². The van der Waals surface area contributed by atoms with E-state index in [9.17, 15) is 0 Å². The molecule has 3 heteroatoms. The van der Waals surface area contributed by atoms with E-state index in [1.54, 1.807) is 12.7 Å². The third kappa shape index (κ3) is 1.57. The molecule has 0 amide bonds. The molecule has 1 saturated carbocycles. The Balaban J connectivity index is 1.96. The van der Waals surface area contributed by atoms with Crippen molar-refractivity contribution in [2.24, 2.45) is 5.41 Å². The molecule has 0 radical (unpaired) electrons. The van der Waals surface area contributed by atoms with Crippen LogP contribution in [-0.4, -0.2) is 14.8 Å². The molecule has 1 aliphatic carbocycles. The highest BCUT2D eigenvalue weighted by atomic mass is 15.2. The largest absolute Gasteiger partial charge is 0.319 e. The summed E-state index contributed by atoms with van der Waals surface area (Å²) >= 11 is 0. The first-order valence-electron chi connectivity index (χ1n) is 6.02.